The van der Waals surface area contributed by atoms with Crippen molar-refractivity contribution in [2.45, 2.75) is 38.2 Å². The molecule has 5 heteroatoms. The molecule has 1 amide bonds. The number of carbonyl (C=O) groups is 1. The average molecular weight is 312 g/mol. The van der Waals surface area contributed by atoms with Crippen molar-refractivity contribution in [1.82, 2.24) is 4.90 Å². The molecule has 0 spiro atoms. The summed E-state index contributed by atoms with van der Waals surface area (Å²) in [5.74, 6) is 0.724. The lowest BCUT2D eigenvalue weighted by Crippen LogP contribution is -2.63. The molecule has 1 heterocycles. The van der Waals surface area contributed by atoms with E-state index in [4.69, 9.17) is 16.3 Å². The lowest BCUT2D eigenvalue weighted by molar-refractivity contribution is -0.156. The third-order valence-electron chi connectivity index (χ3n) is 3.88. The third kappa shape index (κ3) is 3.89. The first-order valence-corrected chi connectivity index (χ1v) is 7.68. The van der Waals surface area contributed by atoms with E-state index in [0.717, 1.165) is 18.4 Å². The Balaban J connectivity index is 1.81. The van der Waals surface area contributed by atoms with E-state index in [1.807, 2.05) is 25.1 Å². The monoisotopic (exact) mass is 311 g/mol. The Morgan fingerprint density at radius 3 is 2.76 bits per heavy atom. The lowest BCUT2D eigenvalue weighted by Gasteiger charge is -2.46. The molecule has 0 aromatic heterocycles. The van der Waals surface area contributed by atoms with E-state index in [1.54, 1.807) is 12.0 Å². The number of amides is 1. The molecule has 21 heavy (non-hydrogen) atoms. The molecular weight excluding hydrogens is 290 g/mol. The van der Waals surface area contributed by atoms with E-state index in [9.17, 15) is 9.90 Å². The maximum Gasteiger partial charge on any atom is 0.223 e. The number of halogens is 1. The van der Waals surface area contributed by atoms with Crippen LogP contribution in [0.15, 0.2) is 18.2 Å². The standard InChI is InChI=1S/C16H22ClNO3/c1-3-8-16(20)10-18(11-16)15(19)7-5-12-4-6-14(21-2)13(17)9-12/h4,6,9,20H,3,5,7-8,10-11H2,1-2H3. The van der Waals surface area contributed by atoms with Crippen LogP contribution in [0, 0.1) is 0 Å². The zero-order valence-electron chi connectivity index (χ0n) is 12.6. The number of hydrogen-bond acceptors (Lipinski definition) is 3. The molecule has 0 aliphatic carbocycles. The number of benzene rings is 1. The number of β-amino-alcohol motifs (C(OH)–C–C–N with tert-alkyl or cyclic N) is 1. The summed E-state index contributed by atoms with van der Waals surface area (Å²) in [6.07, 6.45) is 2.77. The fourth-order valence-electron chi connectivity index (χ4n) is 2.74. The zero-order valence-corrected chi connectivity index (χ0v) is 13.3. The van der Waals surface area contributed by atoms with Crippen LogP contribution < -0.4 is 4.74 Å². The second-order valence-corrected chi connectivity index (χ2v) is 6.10. The Labute approximate surface area is 130 Å². The fraction of sp³-hybridized carbons (Fsp3) is 0.562. The normalized spacial score (nSPS) is 16.5. The van der Waals surface area contributed by atoms with Crippen LogP contribution in [0.5, 0.6) is 5.75 Å². The highest BCUT2D eigenvalue weighted by Crippen LogP contribution is 2.28. The molecule has 0 saturated carbocycles. The van der Waals surface area contributed by atoms with Gasteiger partial charge in [-0.2, -0.15) is 0 Å². The molecule has 1 aliphatic heterocycles. The Morgan fingerprint density at radius 1 is 1.48 bits per heavy atom. The van der Waals surface area contributed by atoms with Crippen molar-refractivity contribution < 1.29 is 14.6 Å². The first-order chi connectivity index (χ1) is 9.97. The highest BCUT2D eigenvalue weighted by molar-refractivity contribution is 6.32. The van der Waals surface area contributed by atoms with Gasteiger partial charge in [-0.3, -0.25) is 4.79 Å². The molecule has 0 radical (unpaired) electrons. The van der Waals surface area contributed by atoms with Crippen molar-refractivity contribution in [3.63, 3.8) is 0 Å². The van der Waals surface area contributed by atoms with Crippen molar-refractivity contribution >= 4 is 17.5 Å². The molecule has 4 nitrogen and oxygen atoms in total. The second kappa shape index (κ2) is 6.67. The molecule has 116 valence electrons. The van der Waals surface area contributed by atoms with Gasteiger partial charge in [0.2, 0.25) is 5.91 Å². The largest absolute Gasteiger partial charge is 0.495 e. The zero-order chi connectivity index (χ0) is 15.5. The van der Waals surface area contributed by atoms with Crippen LogP contribution in [0.2, 0.25) is 5.02 Å². The van der Waals surface area contributed by atoms with Crippen LogP contribution in [0.3, 0.4) is 0 Å². The van der Waals surface area contributed by atoms with Crippen LogP contribution in [0.1, 0.15) is 31.7 Å². The van der Waals surface area contributed by atoms with Gasteiger partial charge in [0.25, 0.3) is 0 Å². The number of nitrogens with zero attached hydrogens (tertiary/aromatic N) is 1. The van der Waals surface area contributed by atoms with Gasteiger partial charge < -0.3 is 14.7 Å². The van der Waals surface area contributed by atoms with Crippen LogP contribution in [0.4, 0.5) is 0 Å². The summed E-state index contributed by atoms with van der Waals surface area (Å²) in [6.45, 7) is 2.96. The minimum Gasteiger partial charge on any atom is -0.495 e. The van der Waals surface area contributed by atoms with Gasteiger partial charge >= 0.3 is 0 Å². The summed E-state index contributed by atoms with van der Waals surface area (Å²) in [7, 11) is 1.58. The molecule has 0 atom stereocenters. The Kier molecular flexibility index (Phi) is 5.12. The quantitative estimate of drug-likeness (QED) is 0.878. The summed E-state index contributed by atoms with van der Waals surface area (Å²) < 4.78 is 5.10. The molecule has 1 saturated heterocycles. The smallest absolute Gasteiger partial charge is 0.223 e. The lowest BCUT2D eigenvalue weighted by atomic mass is 9.89. The van der Waals surface area contributed by atoms with Gasteiger partial charge in [-0.1, -0.05) is 31.0 Å². The number of aryl methyl sites for hydroxylation is 1. The van der Waals surface area contributed by atoms with E-state index in [2.05, 4.69) is 0 Å². The predicted molar refractivity (Wildman–Crippen MR) is 82.8 cm³/mol. The van der Waals surface area contributed by atoms with Crippen LogP contribution in [0.25, 0.3) is 0 Å². The number of methoxy groups -OCH3 is 1. The van der Waals surface area contributed by atoms with E-state index >= 15 is 0 Å². The minimum absolute atomic E-state index is 0.0859. The maximum absolute atomic E-state index is 12.1. The van der Waals surface area contributed by atoms with Gasteiger partial charge in [-0.05, 0) is 30.5 Å². The number of ether oxygens (including phenoxy) is 1. The molecule has 1 aromatic rings. The molecular formula is C16H22ClNO3. The summed E-state index contributed by atoms with van der Waals surface area (Å²) in [4.78, 5) is 13.8. The molecule has 0 unspecified atom stereocenters. The number of likely N-dealkylation sites (tertiary alicyclic amines) is 1. The molecule has 1 aromatic carbocycles. The predicted octanol–water partition coefficient (Wildman–Crippen LogP) is 2.65. The highest BCUT2D eigenvalue weighted by atomic mass is 35.5. The topological polar surface area (TPSA) is 49.8 Å². The Bertz CT molecular complexity index is 512. The summed E-state index contributed by atoms with van der Waals surface area (Å²) >= 11 is 6.06. The van der Waals surface area contributed by atoms with Crippen molar-refractivity contribution in [1.29, 1.82) is 0 Å². The first kappa shape index (κ1) is 16.1. The summed E-state index contributed by atoms with van der Waals surface area (Å²) in [6, 6.07) is 5.56. The van der Waals surface area contributed by atoms with Crippen molar-refractivity contribution in [2.24, 2.45) is 0 Å². The second-order valence-electron chi connectivity index (χ2n) is 5.69. The van der Waals surface area contributed by atoms with E-state index in [0.29, 0.717) is 36.7 Å². The highest BCUT2D eigenvalue weighted by Gasteiger charge is 2.42. The number of rotatable bonds is 6. The van der Waals surface area contributed by atoms with Crippen LogP contribution >= 0.6 is 11.6 Å². The van der Waals surface area contributed by atoms with Crippen LogP contribution in [-0.2, 0) is 11.2 Å². The molecule has 2 rings (SSSR count). The summed E-state index contributed by atoms with van der Waals surface area (Å²) in [5.41, 5.74) is 0.354. The first-order valence-electron chi connectivity index (χ1n) is 7.30. The number of carbonyl (C=O) groups excluding carboxylic acids is 1. The molecule has 1 N–H and O–H groups in total. The minimum atomic E-state index is -0.659. The number of aliphatic hydroxyl groups is 1. The maximum atomic E-state index is 12.1. The van der Waals surface area contributed by atoms with Crippen molar-refractivity contribution in [3.05, 3.63) is 28.8 Å². The fourth-order valence-corrected chi connectivity index (χ4v) is 3.02. The molecule has 0 bridgehead atoms. The molecule has 1 aliphatic rings. The number of hydrogen-bond donors (Lipinski definition) is 1. The van der Waals surface area contributed by atoms with Gasteiger partial charge in [-0.25, -0.2) is 0 Å². The van der Waals surface area contributed by atoms with Gasteiger partial charge in [0, 0.05) is 6.42 Å². The SMILES string of the molecule is CCCC1(O)CN(C(=O)CCc2ccc(OC)c(Cl)c2)C1. The van der Waals surface area contributed by atoms with Gasteiger partial charge in [0.1, 0.15) is 5.75 Å². The van der Waals surface area contributed by atoms with Gasteiger partial charge in [0.05, 0.1) is 30.8 Å². The Morgan fingerprint density at radius 2 is 2.19 bits per heavy atom. The van der Waals surface area contributed by atoms with E-state index in [-0.39, 0.29) is 5.91 Å². The van der Waals surface area contributed by atoms with Gasteiger partial charge in [0.15, 0.2) is 0 Å². The van der Waals surface area contributed by atoms with Crippen LogP contribution in [-0.4, -0.2) is 41.7 Å². The Hall–Kier alpha value is -1.26. The molecule has 1 fully saturated rings. The van der Waals surface area contributed by atoms with Crippen molar-refractivity contribution in [3.8, 4) is 5.75 Å². The van der Waals surface area contributed by atoms with E-state index < -0.39 is 5.60 Å². The van der Waals surface area contributed by atoms with Gasteiger partial charge in [-0.15, -0.1) is 0 Å². The van der Waals surface area contributed by atoms with E-state index in [1.165, 1.54) is 0 Å². The summed E-state index contributed by atoms with van der Waals surface area (Å²) in [5, 5.41) is 10.6. The van der Waals surface area contributed by atoms with Crippen molar-refractivity contribution in [2.75, 3.05) is 20.2 Å². The average Bonchev–Trinajstić information content (AvgIpc) is 2.42. The third-order valence-corrected chi connectivity index (χ3v) is 4.18.